The van der Waals surface area contributed by atoms with Crippen molar-refractivity contribution in [3.63, 3.8) is 0 Å². The molecule has 3 aromatic rings. The van der Waals surface area contributed by atoms with E-state index in [1.54, 1.807) is 39.4 Å². The van der Waals surface area contributed by atoms with E-state index in [1.165, 1.54) is 11.1 Å². The normalized spacial score (nSPS) is 15.2. The molecule has 0 saturated heterocycles. The summed E-state index contributed by atoms with van der Waals surface area (Å²) < 4.78 is 10.3. The van der Waals surface area contributed by atoms with Crippen LogP contribution in [0.4, 0.5) is 0 Å². The monoisotopic (exact) mass is 482 g/mol. The van der Waals surface area contributed by atoms with Crippen LogP contribution in [-0.4, -0.2) is 49.0 Å². The molecule has 1 unspecified atom stereocenters. The van der Waals surface area contributed by atoms with E-state index in [-0.39, 0.29) is 11.6 Å². The van der Waals surface area contributed by atoms with E-state index < -0.39 is 11.9 Å². The van der Waals surface area contributed by atoms with Gasteiger partial charge in [0.1, 0.15) is 29.1 Å². The number of benzene rings is 3. The van der Waals surface area contributed by atoms with Gasteiger partial charge in [-0.1, -0.05) is 42.5 Å². The van der Waals surface area contributed by atoms with Crippen molar-refractivity contribution in [2.75, 3.05) is 14.2 Å². The molecule has 36 heavy (non-hydrogen) atoms. The van der Waals surface area contributed by atoms with Gasteiger partial charge in [-0.2, -0.15) is 5.10 Å². The molecular formula is C28H26N4O4. The highest BCUT2D eigenvalue weighted by Crippen LogP contribution is 2.25. The Kier molecular flexibility index (Phi) is 7.55. The summed E-state index contributed by atoms with van der Waals surface area (Å²) in [7, 11) is 3.19. The van der Waals surface area contributed by atoms with E-state index in [0.717, 1.165) is 22.4 Å². The lowest BCUT2D eigenvalue weighted by atomic mass is 10.1. The van der Waals surface area contributed by atoms with Crippen molar-refractivity contribution in [3.05, 3.63) is 101 Å². The molecule has 0 saturated carbocycles. The number of hydrazone groups is 1. The average Bonchev–Trinajstić information content (AvgIpc) is 3.25. The molecular weight excluding hydrogens is 456 g/mol. The Morgan fingerprint density at radius 1 is 0.917 bits per heavy atom. The summed E-state index contributed by atoms with van der Waals surface area (Å²) in [6.07, 6.45) is 3.22. The standard InChI is InChI=1S/C28H26N4O4/c1-19(27(33)31-29-18-21-11-15-24(36-3)16-12-21)32-26(22-7-5-4-6-8-22)30-25(28(32)34)17-20-9-13-23(35-2)14-10-20/h4-19H,1-3H3,(H,31,33)/b25-17-,29-18+. The van der Waals surface area contributed by atoms with Crippen LogP contribution in [0.1, 0.15) is 23.6 Å². The summed E-state index contributed by atoms with van der Waals surface area (Å²) in [5.74, 6) is 1.03. The Morgan fingerprint density at radius 2 is 1.50 bits per heavy atom. The minimum atomic E-state index is -0.855. The fourth-order valence-electron chi connectivity index (χ4n) is 3.61. The molecule has 0 fully saturated rings. The second-order valence-corrected chi connectivity index (χ2v) is 7.96. The van der Waals surface area contributed by atoms with Gasteiger partial charge >= 0.3 is 0 Å². The fraction of sp³-hybridized carbons (Fsp3) is 0.143. The fourth-order valence-corrected chi connectivity index (χ4v) is 3.61. The first-order valence-corrected chi connectivity index (χ1v) is 11.3. The lowest BCUT2D eigenvalue weighted by molar-refractivity contribution is -0.132. The lowest BCUT2D eigenvalue weighted by Crippen LogP contribution is -2.48. The summed E-state index contributed by atoms with van der Waals surface area (Å²) in [5, 5.41) is 4.05. The molecule has 182 valence electrons. The van der Waals surface area contributed by atoms with E-state index in [9.17, 15) is 9.59 Å². The SMILES string of the molecule is COc1ccc(/C=C2\N=C(c3ccccc3)N(C(C)C(=O)N/N=C/c3ccc(OC)cc3)C2=O)cc1. The number of nitrogens with one attached hydrogen (secondary N) is 1. The first-order valence-electron chi connectivity index (χ1n) is 11.3. The van der Waals surface area contributed by atoms with Gasteiger partial charge in [-0.15, -0.1) is 0 Å². The van der Waals surface area contributed by atoms with E-state index in [1.807, 2.05) is 66.7 Å². The molecule has 0 radical (unpaired) electrons. The number of carbonyl (C=O) groups is 2. The topological polar surface area (TPSA) is 92.6 Å². The zero-order valence-corrected chi connectivity index (χ0v) is 20.2. The van der Waals surface area contributed by atoms with Gasteiger partial charge in [-0.05, 0) is 60.5 Å². The quantitative estimate of drug-likeness (QED) is 0.300. The smallest absolute Gasteiger partial charge is 0.278 e. The average molecular weight is 483 g/mol. The van der Waals surface area contributed by atoms with E-state index in [4.69, 9.17) is 9.47 Å². The van der Waals surface area contributed by atoms with Crippen LogP contribution in [0.3, 0.4) is 0 Å². The van der Waals surface area contributed by atoms with Crippen molar-refractivity contribution in [1.29, 1.82) is 0 Å². The van der Waals surface area contributed by atoms with Crippen LogP contribution in [0, 0.1) is 0 Å². The zero-order chi connectivity index (χ0) is 25.5. The largest absolute Gasteiger partial charge is 0.497 e. The highest BCUT2D eigenvalue weighted by Gasteiger charge is 2.37. The summed E-state index contributed by atoms with van der Waals surface area (Å²) in [4.78, 5) is 32.3. The Morgan fingerprint density at radius 3 is 2.08 bits per heavy atom. The van der Waals surface area contributed by atoms with Gasteiger partial charge in [-0.3, -0.25) is 14.5 Å². The molecule has 8 heteroatoms. The number of methoxy groups -OCH3 is 2. The maximum atomic E-state index is 13.4. The number of aliphatic imine (C=N–C) groups is 1. The zero-order valence-electron chi connectivity index (χ0n) is 20.2. The van der Waals surface area contributed by atoms with E-state index >= 15 is 0 Å². The predicted octanol–water partition coefficient (Wildman–Crippen LogP) is 3.87. The highest BCUT2D eigenvalue weighted by atomic mass is 16.5. The minimum absolute atomic E-state index is 0.236. The van der Waals surface area contributed by atoms with Gasteiger partial charge in [0, 0.05) is 5.56 Å². The van der Waals surface area contributed by atoms with Crippen LogP contribution >= 0.6 is 0 Å². The number of amides is 2. The molecule has 0 aliphatic carbocycles. The van der Waals surface area contributed by atoms with Crippen molar-refractivity contribution >= 4 is 29.9 Å². The third-order valence-electron chi connectivity index (χ3n) is 5.61. The number of amidine groups is 1. The summed E-state index contributed by atoms with van der Waals surface area (Å²) in [6.45, 7) is 1.64. The second kappa shape index (κ2) is 11.1. The number of rotatable bonds is 8. The number of hydrogen-bond donors (Lipinski definition) is 1. The van der Waals surface area contributed by atoms with Crippen LogP contribution in [-0.2, 0) is 9.59 Å². The number of hydrogen-bond acceptors (Lipinski definition) is 6. The van der Waals surface area contributed by atoms with Crippen molar-refractivity contribution in [3.8, 4) is 11.5 Å². The molecule has 0 bridgehead atoms. The van der Waals surface area contributed by atoms with Crippen LogP contribution in [0.5, 0.6) is 11.5 Å². The molecule has 2 amide bonds. The molecule has 1 heterocycles. The molecule has 8 nitrogen and oxygen atoms in total. The van der Waals surface area contributed by atoms with Crippen molar-refractivity contribution in [2.45, 2.75) is 13.0 Å². The molecule has 1 aliphatic rings. The van der Waals surface area contributed by atoms with Crippen LogP contribution in [0.25, 0.3) is 6.08 Å². The number of carbonyl (C=O) groups excluding carboxylic acids is 2. The third-order valence-corrected chi connectivity index (χ3v) is 5.61. The van der Waals surface area contributed by atoms with Gasteiger partial charge in [0.05, 0.1) is 20.4 Å². The lowest BCUT2D eigenvalue weighted by Gasteiger charge is -2.24. The van der Waals surface area contributed by atoms with E-state index in [0.29, 0.717) is 11.6 Å². The Bertz CT molecular complexity index is 1310. The Hall–Kier alpha value is -4.72. The Balaban J connectivity index is 1.56. The number of nitrogens with zero attached hydrogens (tertiary/aromatic N) is 3. The van der Waals surface area contributed by atoms with Gasteiger partial charge in [0.25, 0.3) is 11.8 Å². The summed E-state index contributed by atoms with van der Waals surface area (Å²) in [5.41, 5.74) is 5.07. The van der Waals surface area contributed by atoms with Crippen molar-refractivity contribution < 1.29 is 19.1 Å². The minimum Gasteiger partial charge on any atom is -0.497 e. The van der Waals surface area contributed by atoms with E-state index in [2.05, 4.69) is 15.5 Å². The molecule has 1 atom stereocenters. The van der Waals surface area contributed by atoms with Gasteiger partial charge in [-0.25, -0.2) is 10.4 Å². The van der Waals surface area contributed by atoms with Gasteiger partial charge in [0.15, 0.2) is 0 Å². The first kappa shape index (κ1) is 24.4. The first-order chi connectivity index (χ1) is 17.5. The summed E-state index contributed by atoms with van der Waals surface area (Å²) in [6, 6.07) is 23.0. The maximum Gasteiger partial charge on any atom is 0.278 e. The van der Waals surface area contributed by atoms with Crippen molar-refractivity contribution in [1.82, 2.24) is 10.3 Å². The van der Waals surface area contributed by atoms with Gasteiger partial charge in [0.2, 0.25) is 0 Å². The van der Waals surface area contributed by atoms with Crippen LogP contribution in [0.15, 0.2) is 94.7 Å². The van der Waals surface area contributed by atoms with Crippen molar-refractivity contribution in [2.24, 2.45) is 10.1 Å². The summed E-state index contributed by atoms with van der Waals surface area (Å²) >= 11 is 0. The molecule has 0 spiro atoms. The maximum absolute atomic E-state index is 13.4. The molecule has 1 aliphatic heterocycles. The Labute approximate surface area is 209 Å². The highest BCUT2D eigenvalue weighted by molar-refractivity contribution is 6.21. The van der Waals surface area contributed by atoms with Gasteiger partial charge < -0.3 is 9.47 Å². The molecule has 1 N–H and O–H groups in total. The predicted molar refractivity (Wildman–Crippen MR) is 139 cm³/mol. The molecule has 0 aromatic heterocycles. The van der Waals surface area contributed by atoms with Crippen LogP contribution in [0.2, 0.25) is 0 Å². The third kappa shape index (κ3) is 5.50. The molecule has 3 aromatic carbocycles. The second-order valence-electron chi connectivity index (χ2n) is 7.96. The number of ether oxygens (including phenoxy) is 2. The van der Waals surface area contributed by atoms with Crippen LogP contribution < -0.4 is 14.9 Å². The molecule has 4 rings (SSSR count).